The summed E-state index contributed by atoms with van der Waals surface area (Å²) in [5, 5.41) is 24.2. The van der Waals surface area contributed by atoms with E-state index in [2.05, 4.69) is 46.2 Å². The molecule has 0 bridgehead atoms. The Morgan fingerprint density at radius 3 is 1.66 bits per heavy atom. The highest BCUT2D eigenvalue weighted by atomic mass is 79.9. The maximum Gasteiger partial charge on any atom is 0.358 e. The molecule has 14 nitrogen and oxygen atoms in total. The van der Waals surface area contributed by atoms with Crippen LogP contribution >= 0.6 is 15.9 Å². The van der Waals surface area contributed by atoms with Gasteiger partial charge in [0.05, 0.1) is 32.1 Å². The molecule has 0 spiro atoms. The van der Waals surface area contributed by atoms with Crippen LogP contribution in [0.3, 0.4) is 0 Å². The predicted molar refractivity (Wildman–Crippen MR) is 176 cm³/mol. The lowest BCUT2D eigenvalue weighted by Gasteiger charge is -2.05. The summed E-state index contributed by atoms with van der Waals surface area (Å²) in [4.78, 5) is 32.3. The fourth-order valence-corrected chi connectivity index (χ4v) is 3.56. The minimum atomic E-state index is -0.984. The fourth-order valence-electron chi connectivity index (χ4n) is 3.29. The lowest BCUT2D eigenvalue weighted by Crippen LogP contribution is -2.06. The molecule has 0 amide bonds. The van der Waals surface area contributed by atoms with Gasteiger partial charge in [0, 0.05) is 23.1 Å². The second-order valence-corrected chi connectivity index (χ2v) is 9.56. The molecule has 15 heteroatoms. The zero-order chi connectivity index (χ0) is 34.4. The summed E-state index contributed by atoms with van der Waals surface area (Å²) in [7, 11) is 0. The second kappa shape index (κ2) is 21.3. The lowest BCUT2D eigenvalue weighted by atomic mass is 10.3. The Morgan fingerprint density at radius 2 is 1.21 bits per heavy atom. The van der Waals surface area contributed by atoms with Crippen molar-refractivity contribution in [3.63, 3.8) is 0 Å². The lowest BCUT2D eigenvalue weighted by molar-refractivity contribution is 0.0509. The number of carboxylic acid groups (broad SMARTS) is 1. The van der Waals surface area contributed by atoms with Crippen LogP contribution in [-0.4, -0.2) is 79.6 Å². The molecule has 47 heavy (non-hydrogen) atoms. The molecule has 0 saturated carbocycles. The summed E-state index contributed by atoms with van der Waals surface area (Å²) >= 11 is 3.34. The van der Waals surface area contributed by atoms with Gasteiger partial charge >= 0.3 is 17.9 Å². The summed E-state index contributed by atoms with van der Waals surface area (Å²) in [5.74, 6) is -0.0237. The van der Waals surface area contributed by atoms with E-state index in [1.807, 2.05) is 62.4 Å². The smallest absolute Gasteiger partial charge is 0.358 e. The number of nitrogens with one attached hydrogen (secondary N) is 2. The van der Waals surface area contributed by atoms with Gasteiger partial charge in [0.1, 0.15) is 22.9 Å². The van der Waals surface area contributed by atoms with E-state index in [1.165, 1.54) is 18.5 Å². The van der Waals surface area contributed by atoms with Crippen LogP contribution in [0.5, 0.6) is 11.5 Å². The molecule has 0 unspecified atom stereocenters. The molecule has 0 saturated heterocycles. The third-order valence-corrected chi connectivity index (χ3v) is 5.87. The van der Waals surface area contributed by atoms with Gasteiger partial charge in [-0.1, -0.05) is 15.9 Å². The topological polar surface area (TPSA) is 184 Å². The van der Waals surface area contributed by atoms with Gasteiger partial charge in [-0.05, 0) is 94.4 Å². The Hall–Kier alpha value is -5.44. The summed E-state index contributed by atoms with van der Waals surface area (Å²) < 4.78 is 22.9. The highest BCUT2D eigenvalue weighted by Gasteiger charge is 2.11. The van der Waals surface area contributed by atoms with E-state index >= 15 is 0 Å². The van der Waals surface area contributed by atoms with Gasteiger partial charge in [0.25, 0.3) is 0 Å². The Morgan fingerprint density at radius 1 is 0.702 bits per heavy atom. The molecular weight excluding hydrogens is 676 g/mol. The van der Waals surface area contributed by atoms with Crippen LogP contribution in [-0.2, 0) is 9.47 Å². The SMILES string of the molecule is CCOC(=O)c1ccn(-c2ccc(OCC)cc2)n1.CCOC(=O)c1ccn[nH]1.CCOc1ccc(Br)cc1.O=C(O)c1ccn[nH]1. The van der Waals surface area contributed by atoms with E-state index in [0.29, 0.717) is 31.2 Å². The van der Waals surface area contributed by atoms with Crippen molar-refractivity contribution in [2.75, 3.05) is 26.4 Å². The zero-order valence-electron chi connectivity index (χ0n) is 26.4. The highest BCUT2D eigenvalue weighted by Crippen LogP contribution is 2.16. The Labute approximate surface area is 280 Å². The number of rotatable bonds is 10. The van der Waals surface area contributed by atoms with Crippen molar-refractivity contribution in [3.05, 3.63) is 107 Å². The standard InChI is InChI=1S/C14H16N2O3.C8H9BrO.C6H8N2O2.C4H4N2O2/c1-3-18-12-7-5-11(6-8-12)16-10-9-13(15-16)14(17)19-4-2;1-2-10-8-5-3-7(9)4-6-8;1-2-10-6(9)5-3-4-7-8-5;7-4(8)3-1-2-5-6-3/h5-10H,3-4H2,1-2H3;3-6H,2H2,1H3;3-4H,2H2,1H3,(H,7,8);1-2H,(H,5,6)(H,7,8). The summed E-state index contributed by atoms with van der Waals surface area (Å²) in [6, 6.07) is 19.9. The maximum atomic E-state index is 11.5. The molecule has 0 atom stereocenters. The number of hydrogen-bond acceptors (Lipinski definition) is 10. The van der Waals surface area contributed by atoms with Crippen molar-refractivity contribution in [3.8, 4) is 17.2 Å². The monoisotopic (exact) mass is 712 g/mol. The molecule has 0 aliphatic carbocycles. The molecule has 3 heterocycles. The van der Waals surface area contributed by atoms with E-state index in [4.69, 9.17) is 19.3 Å². The average molecular weight is 714 g/mol. The van der Waals surface area contributed by atoms with Crippen LogP contribution in [0.25, 0.3) is 5.69 Å². The minimum absolute atomic E-state index is 0.116. The molecule has 0 fully saturated rings. The summed E-state index contributed by atoms with van der Waals surface area (Å²) in [6.45, 7) is 9.52. The number of halogens is 1. The van der Waals surface area contributed by atoms with Crippen LogP contribution in [0, 0.1) is 0 Å². The van der Waals surface area contributed by atoms with Gasteiger partial charge in [-0.3, -0.25) is 10.2 Å². The van der Waals surface area contributed by atoms with Crippen LogP contribution in [0.2, 0.25) is 0 Å². The number of hydrogen-bond donors (Lipinski definition) is 3. The third-order valence-electron chi connectivity index (χ3n) is 5.34. The molecule has 0 radical (unpaired) electrons. The van der Waals surface area contributed by atoms with Crippen molar-refractivity contribution in [1.29, 1.82) is 0 Å². The molecular formula is C32H37BrN6O8. The van der Waals surface area contributed by atoms with Crippen molar-refractivity contribution < 1.29 is 38.4 Å². The van der Waals surface area contributed by atoms with E-state index in [-0.39, 0.29) is 11.7 Å². The van der Waals surface area contributed by atoms with Gasteiger partial charge in [-0.2, -0.15) is 15.3 Å². The number of carboxylic acids is 1. The van der Waals surface area contributed by atoms with Crippen LogP contribution in [0.1, 0.15) is 59.2 Å². The number of H-pyrrole nitrogens is 2. The first-order valence-electron chi connectivity index (χ1n) is 14.5. The minimum Gasteiger partial charge on any atom is -0.494 e. The van der Waals surface area contributed by atoms with E-state index in [0.717, 1.165) is 28.3 Å². The number of aromatic carboxylic acids is 1. The van der Waals surface area contributed by atoms with Gasteiger partial charge in [0.15, 0.2) is 5.69 Å². The van der Waals surface area contributed by atoms with E-state index < -0.39 is 11.9 Å². The molecule has 0 aliphatic rings. The predicted octanol–water partition coefficient (Wildman–Crippen LogP) is 5.99. The quantitative estimate of drug-likeness (QED) is 0.145. The molecule has 3 aromatic heterocycles. The maximum absolute atomic E-state index is 11.5. The molecule has 2 aromatic carbocycles. The first kappa shape index (κ1) is 37.7. The fraction of sp³-hybridized carbons (Fsp3) is 0.250. The van der Waals surface area contributed by atoms with E-state index in [1.54, 1.807) is 36.9 Å². The first-order valence-corrected chi connectivity index (χ1v) is 15.2. The number of aromatic amines is 2. The third kappa shape index (κ3) is 14.0. The van der Waals surface area contributed by atoms with Crippen molar-refractivity contribution in [2.45, 2.75) is 27.7 Å². The molecule has 5 aromatic rings. The van der Waals surface area contributed by atoms with E-state index in [9.17, 15) is 14.4 Å². The second-order valence-electron chi connectivity index (χ2n) is 8.65. The number of esters is 2. The Bertz CT molecular complexity index is 1590. The normalized spacial score (nSPS) is 9.64. The highest BCUT2D eigenvalue weighted by molar-refractivity contribution is 9.10. The van der Waals surface area contributed by atoms with Gasteiger partial charge < -0.3 is 24.1 Å². The summed E-state index contributed by atoms with van der Waals surface area (Å²) in [5.41, 5.74) is 1.67. The molecule has 0 aliphatic heterocycles. The number of benzene rings is 2. The van der Waals surface area contributed by atoms with Crippen LogP contribution in [0.4, 0.5) is 0 Å². The average Bonchev–Trinajstić information content (AvgIpc) is 3.88. The largest absolute Gasteiger partial charge is 0.494 e. The van der Waals surface area contributed by atoms with Crippen LogP contribution in [0.15, 0.2) is 89.8 Å². The van der Waals surface area contributed by atoms with Crippen LogP contribution < -0.4 is 9.47 Å². The molecule has 3 N–H and O–H groups in total. The number of carbonyl (C=O) groups excluding carboxylic acids is 2. The van der Waals surface area contributed by atoms with Crippen molar-refractivity contribution in [2.24, 2.45) is 0 Å². The summed E-state index contributed by atoms with van der Waals surface area (Å²) in [6.07, 6.45) is 4.62. The first-order chi connectivity index (χ1) is 22.7. The van der Waals surface area contributed by atoms with Crippen molar-refractivity contribution in [1.82, 2.24) is 30.2 Å². The number of aromatic nitrogens is 6. The van der Waals surface area contributed by atoms with Gasteiger partial charge in [-0.15, -0.1) is 0 Å². The number of carbonyl (C=O) groups is 3. The number of ether oxygens (including phenoxy) is 4. The molecule has 5 rings (SSSR count). The number of nitrogens with zero attached hydrogens (tertiary/aromatic N) is 4. The van der Waals surface area contributed by atoms with Gasteiger partial charge in [0.2, 0.25) is 0 Å². The zero-order valence-corrected chi connectivity index (χ0v) is 28.0. The molecule has 250 valence electrons. The van der Waals surface area contributed by atoms with Crippen molar-refractivity contribution >= 4 is 33.8 Å². The Kier molecular flexibility index (Phi) is 17.1. The van der Waals surface area contributed by atoms with Gasteiger partial charge in [-0.25, -0.2) is 19.1 Å². The Balaban J connectivity index is 0.000000234.